The van der Waals surface area contributed by atoms with Gasteiger partial charge in [0.1, 0.15) is 5.82 Å². The van der Waals surface area contributed by atoms with Gasteiger partial charge in [0.05, 0.1) is 11.3 Å². The zero-order valence-electron chi connectivity index (χ0n) is 11.6. The molecule has 2 aromatic heterocycles. The fraction of sp³-hybridized carbons (Fsp3) is 0.250. The van der Waals surface area contributed by atoms with E-state index in [1.54, 1.807) is 0 Å². The number of aromatic amines is 1. The summed E-state index contributed by atoms with van der Waals surface area (Å²) in [7, 11) is 0. The molecule has 1 aromatic carbocycles. The number of fused-ring (bicyclic) bond motifs is 2. The van der Waals surface area contributed by atoms with Crippen LogP contribution in [-0.4, -0.2) is 20.7 Å². The largest absolute Gasteiger partial charge is 0.383 e. The quantitative estimate of drug-likeness (QED) is 0.719. The van der Waals surface area contributed by atoms with Crippen molar-refractivity contribution in [2.45, 2.75) is 25.7 Å². The van der Waals surface area contributed by atoms with Crippen LogP contribution in [0.2, 0.25) is 0 Å². The number of rotatable bonds is 1. The van der Waals surface area contributed by atoms with Crippen LogP contribution in [0.5, 0.6) is 0 Å². The second-order valence-electron chi connectivity index (χ2n) is 5.48. The highest BCUT2D eigenvalue weighted by atomic mass is 16.2. The predicted molar refractivity (Wildman–Crippen MR) is 81.3 cm³/mol. The molecule has 0 aliphatic heterocycles. The van der Waals surface area contributed by atoms with Crippen LogP contribution in [0.25, 0.3) is 10.9 Å². The Hall–Kier alpha value is -2.56. The number of hydrogen-bond donors (Lipinski definition) is 2. The maximum atomic E-state index is 12.8. The molecule has 1 aliphatic rings. The van der Waals surface area contributed by atoms with Gasteiger partial charge >= 0.3 is 0 Å². The molecule has 0 fully saturated rings. The number of carbonyl (C=O) groups excluding carboxylic acids is 1. The average Bonchev–Trinajstić information content (AvgIpc) is 3.11. The Labute approximate surface area is 121 Å². The van der Waals surface area contributed by atoms with E-state index in [2.05, 4.69) is 10.1 Å². The fourth-order valence-electron chi connectivity index (χ4n) is 3.12. The topological polar surface area (TPSA) is 76.7 Å². The lowest BCUT2D eigenvalue weighted by Crippen LogP contribution is -2.16. The van der Waals surface area contributed by atoms with E-state index in [-0.39, 0.29) is 5.91 Å². The minimum absolute atomic E-state index is 0.160. The Morgan fingerprint density at radius 2 is 2.10 bits per heavy atom. The van der Waals surface area contributed by atoms with Crippen LogP contribution in [0.15, 0.2) is 30.5 Å². The molecule has 0 spiro atoms. The lowest BCUT2D eigenvalue weighted by atomic mass is 9.98. The molecule has 5 heteroatoms. The second kappa shape index (κ2) is 4.48. The number of anilines is 1. The number of nitrogen functional groups attached to an aromatic ring is 1. The van der Waals surface area contributed by atoms with E-state index < -0.39 is 0 Å². The third-order valence-electron chi connectivity index (χ3n) is 4.21. The van der Waals surface area contributed by atoms with Crippen molar-refractivity contribution in [3.63, 3.8) is 0 Å². The van der Waals surface area contributed by atoms with Crippen LogP contribution in [-0.2, 0) is 12.8 Å². The Balaban J connectivity index is 1.85. The van der Waals surface area contributed by atoms with Gasteiger partial charge in [-0.25, -0.2) is 0 Å². The van der Waals surface area contributed by atoms with E-state index in [9.17, 15) is 4.79 Å². The molecule has 106 valence electrons. The van der Waals surface area contributed by atoms with Crippen molar-refractivity contribution in [1.29, 1.82) is 0 Å². The molecule has 0 atom stereocenters. The van der Waals surface area contributed by atoms with Crippen LogP contribution in [0.3, 0.4) is 0 Å². The maximum absolute atomic E-state index is 12.8. The van der Waals surface area contributed by atoms with Gasteiger partial charge in [-0.15, -0.1) is 0 Å². The van der Waals surface area contributed by atoms with Crippen molar-refractivity contribution in [2.24, 2.45) is 0 Å². The predicted octanol–water partition coefficient (Wildman–Crippen LogP) is 2.51. The van der Waals surface area contributed by atoms with E-state index in [0.29, 0.717) is 11.4 Å². The van der Waals surface area contributed by atoms with Gasteiger partial charge in [0, 0.05) is 22.7 Å². The molecule has 0 amide bonds. The van der Waals surface area contributed by atoms with Crippen molar-refractivity contribution >= 4 is 22.6 Å². The van der Waals surface area contributed by atoms with E-state index >= 15 is 0 Å². The first kappa shape index (κ1) is 12.2. The Morgan fingerprint density at radius 1 is 1.24 bits per heavy atom. The van der Waals surface area contributed by atoms with Gasteiger partial charge in [0.25, 0.3) is 5.91 Å². The minimum atomic E-state index is -0.160. The summed E-state index contributed by atoms with van der Waals surface area (Å²) in [5.74, 6) is 0.342. The van der Waals surface area contributed by atoms with Crippen molar-refractivity contribution < 1.29 is 4.79 Å². The first-order chi connectivity index (χ1) is 10.3. The van der Waals surface area contributed by atoms with Crippen molar-refractivity contribution in [2.75, 3.05) is 5.73 Å². The number of hydrogen-bond acceptors (Lipinski definition) is 3. The highest BCUT2D eigenvalue weighted by Crippen LogP contribution is 2.27. The number of H-pyrrole nitrogens is 1. The smallest absolute Gasteiger partial charge is 0.280 e. The number of aromatic nitrogens is 3. The molecule has 4 rings (SSSR count). The lowest BCUT2D eigenvalue weighted by Gasteiger charge is -2.08. The molecule has 2 heterocycles. The number of nitrogens with two attached hydrogens (primary N) is 1. The summed E-state index contributed by atoms with van der Waals surface area (Å²) in [5, 5.41) is 5.35. The van der Waals surface area contributed by atoms with E-state index in [4.69, 9.17) is 5.73 Å². The van der Waals surface area contributed by atoms with Crippen molar-refractivity contribution in [3.8, 4) is 0 Å². The summed E-state index contributed by atoms with van der Waals surface area (Å²) in [6, 6.07) is 7.54. The zero-order chi connectivity index (χ0) is 14.4. The molecule has 21 heavy (non-hydrogen) atoms. The van der Waals surface area contributed by atoms with Gasteiger partial charge in [0.2, 0.25) is 0 Å². The van der Waals surface area contributed by atoms with Crippen molar-refractivity contribution in [1.82, 2.24) is 14.8 Å². The zero-order valence-corrected chi connectivity index (χ0v) is 11.6. The Kier molecular flexibility index (Phi) is 2.60. The third kappa shape index (κ3) is 1.77. The van der Waals surface area contributed by atoms with E-state index in [1.165, 1.54) is 4.68 Å². The fourth-order valence-corrected chi connectivity index (χ4v) is 3.12. The summed E-state index contributed by atoms with van der Waals surface area (Å²) < 4.78 is 1.37. The summed E-state index contributed by atoms with van der Waals surface area (Å²) in [5.41, 5.74) is 9.75. The van der Waals surface area contributed by atoms with Crippen LogP contribution in [0.4, 0.5) is 5.82 Å². The Bertz CT molecular complexity index is 843. The van der Waals surface area contributed by atoms with Crippen LogP contribution >= 0.6 is 0 Å². The number of aryl methyl sites for hydroxylation is 1. The summed E-state index contributed by atoms with van der Waals surface area (Å²) in [6.07, 6.45) is 5.89. The molecule has 3 aromatic rings. The summed E-state index contributed by atoms with van der Waals surface area (Å²) in [6.45, 7) is 0. The summed E-state index contributed by atoms with van der Waals surface area (Å²) >= 11 is 0. The van der Waals surface area contributed by atoms with Gasteiger partial charge in [-0.05, 0) is 43.9 Å². The maximum Gasteiger partial charge on any atom is 0.280 e. The molecule has 0 bridgehead atoms. The van der Waals surface area contributed by atoms with Gasteiger partial charge in [-0.1, -0.05) is 6.07 Å². The highest BCUT2D eigenvalue weighted by molar-refractivity contribution is 6.08. The van der Waals surface area contributed by atoms with Crippen molar-refractivity contribution in [3.05, 3.63) is 47.3 Å². The average molecular weight is 280 g/mol. The molecule has 1 aliphatic carbocycles. The van der Waals surface area contributed by atoms with Gasteiger partial charge in [0.15, 0.2) is 0 Å². The van der Waals surface area contributed by atoms with Crippen LogP contribution in [0.1, 0.15) is 34.5 Å². The molecule has 0 radical (unpaired) electrons. The molecule has 0 unspecified atom stereocenters. The number of carbonyl (C=O) groups is 1. The van der Waals surface area contributed by atoms with Crippen LogP contribution < -0.4 is 5.73 Å². The third-order valence-corrected chi connectivity index (χ3v) is 4.21. The number of benzene rings is 1. The Morgan fingerprint density at radius 3 is 2.95 bits per heavy atom. The standard InChI is InChI=1S/C16H16N4O/c17-15-12-4-1-2-6-14(12)19-20(15)16(21)11-5-3-7-13-10(11)8-9-18-13/h3,5,7-9,18H,1-2,4,6,17H2. The molecular weight excluding hydrogens is 264 g/mol. The molecule has 0 saturated heterocycles. The van der Waals surface area contributed by atoms with E-state index in [1.807, 2.05) is 30.5 Å². The highest BCUT2D eigenvalue weighted by Gasteiger charge is 2.23. The molecule has 5 nitrogen and oxygen atoms in total. The van der Waals surface area contributed by atoms with Gasteiger partial charge < -0.3 is 10.7 Å². The molecule has 0 saturated carbocycles. The number of nitrogens with one attached hydrogen (secondary N) is 1. The normalized spacial score (nSPS) is 14.3. The molecule has 3 N–H and O–H groups in total. The van der Waals surface area contributed by atoms with E-state index in [0.717, 1.165) is 47.8 Å². The van der Waals surface area contributed by atoms with Gasteiger partial charge in [-0.3, -0.25) is 4.79 Å². The van der Waals surface area contributed by atoms with Crippen LogP contribution in [0, 0.1) is 0 Å². The first-order valence-electron chi connectivity index (χ1n) is 7.23. The molecular formula is C16H16N4O. The van der Waals surface area contributed by atoms with Gasteiger partial charge in [-0.2, -0.15) is 9.78 Å². The minimum Gasteiger partial charge on any atom is -0.383 e. The number of nitrogens with zero attached hydrogens (tertiary/aromatic N) is 2. The SMILES string of the molecule is Nc1c2c(nn1C(=O)c1cccc3[nH]ccc13)CCCC2. The monoisotopic (exact) mass is 280 g/mol. The lowest BCUT2D eigenvalue weighted by molar-refractivity contribution is 0.0949. The second-order valence-corrected chi connectivity index (χ2v) is 5.48. The first-order valence-corrected chi connectivity index (χ1v) is 7.23. The summed E-state index contributed by atoms with van der Waals surface area (Å²) in [4.78, 5) is 15.9.